The number of rotatable bonds is 8. The fraction of sp³-hybridized carbons (Fsp3) is 0.562. The van der Waals surface area contributed by atoms with E-state index in [0.29, 0.717) is 6.42 Å². The first-order valence-corrected chi connectivity index (χ1v) is 7.26. The predicted octanol–water partition coefficient (Wildman–Crippen LogP) is 3.49. The van der Waals surface area contributed by atoms with Gasteiger partial charge >= 0.3 is 0 Å². The molecule has 0 spiro atoms. The van der Waals surface area contributed by atoms with E-state index in [0.717, 1.165) is 18.5 Å². The zero-order chi connectivity index (χ0) is 14.1. The number of unbranched alkanes of at least 4 members (excludes halogenated alkanes) is 2. The van der Waals surface area contributed by atoms with Crippen molar-refractivity contribution in [2.75, 3.05) is 5.32 Å². The first kappa shape index (κ1) is 15.7. The number of carbonyl (C=O) groups is 1. The molecule has 1 rings (SSSR count). The summed E-state index contributed by atoms with van der Waals surface area (Å²) in [4.78, 5) is 11.6. The molecule has 1 aromatic rings. The molecule has 19 heavy (non-hydrogen) atoms. The number of anilines is 1. The third kappa shape index (κ3) is 6.97. The summed E-state index contributed by atoms with van der Waals surface area (Å²) in [5.41, 5.74) is 7.84. The van der Waals surface area contributed by atoms with Gasteiger partial charge in [0.25, 0.3) is 0 Å². The van der Waals surface area contributed by atoms with Crippen molar-refractivity contribution >= 4 is 11.6 Å². The van der Waals surface area contributed by atoms with Gasteiger partial charge in [0, 0.05) is 18.2 Å². The largest absolute Gasteiger partial charge is 0.328 e. The van der Waals surface area contributed by atoms with Gasteiger partial charge in [0.05, 0.1) is 0 Å². The van der Waals surface area contributed by atoms with Gasteiger partial charge in [0.15, 0.2) is 0 Å². The van der Waals surface area contributed by atoms with Crippen molar-refractivity contribution in [1.29, 1.82) is 0 Å². The normalized spacial score (nSPS) is 12.2. The molecule has 3 N–H and O–H groups in total. The van der Waals surface area contributed by atoms with E-state index < -0.39 is 0 Å². The molecule has 0 aliphatic heterocycles. The zero-order valence-electron chi connectivity index (χ0n) is 12.1. The van der Waals surface area contributed by atoms with Crippen LogP contribution >= 0.6 is 0 Å². The molecule has 0 saturated carbocycles. The Labute approximate surface area is 116 Å². The number of hydrogen-bond acceptors (Lipinski definition) is 2. The minimum absolute atomic E-state index is 0.0380. The van der Waals surface area contributed by atoms with Crippen molar-refractivity contribution in [3.05, 3.63) is 29.8 Å². The van der Waals surface area contributed by atoms with E-state index in [-0.39, 0.29) is 11.9 Å². The minimum Gasteiger partial charge on any atom is -0.328 e. The van der Waals surface area contributed by atoms with E-state index in [2.05, 4.69) is 24.4 Å². The summed E-state index contributed by atoms with van der Waals surface area (Å²) in [6.45, 7) is 4.12. The predicted molar refractivity (Wildman–Crippen MR) is 81.2 cm³/mol. The highest BCUT2D eigenvalue weighted by atomic mass is 16.1. The van der Waals surface area contributed by atoms with E-state index in [9.17, 15) is 4.79 Å². The molecule has 1 atom stereocenters. The third-order valence-corrected chi connectivity index (χ3v) is 3.13. The van der Waals surface area contributed by atoms with Crippen molar-refractivity contribution < 1.29 is 4.79 Å². The quantitative estimate of drug-likeness (QED) is 0.705. The van der Waals surface area contributed by atoms with E-state index in [1.807, 2.05) is 19.1 Å². The highest BCUT2D eigenvalue weighted by Gasteiger charge is 2.04. The first-order valence-electron chi connectivity index (χ1n) is 7.26. The van der Waals surface area contributed by atoms with Crippen LogP contribution in [0.25, 0.3) is 0 Å². The summed E-state index contributed by atoms with van der Waals surface area (Å²) in [5, 5.41) is 2.90. The van der Waals surface area contributed by atoms with Gasteiger partial charge in [-0.1, -0.05) is 31.9 Å². The maximum Gasteiger partial charge on any atom is 0.224 e. The second-order valence-electron chi connectivity index (χ2n) is 5.22. The summed E-state index contributed by atoms with van der Waals surface area (Å²) in [6, 6.07) is 8.22. The van der Waals surface area contributed by atoms with Crippen molar-refractivity contribution in [3.63, 3.8) is 0 Å². The maximum atomic E-state index is 11.6. The molecule has 0 aromatic heterocycles. The Balaban J connectivity index is 2.37. The van der Waals surface area contributed by atoms with Gasteiger partial charge < -0.3 is 11.1 Å². The lowest BCUT2D eigenvalue weighted by molar-refractivity contribution is -0.116. The minimum atomic E-state index is 0.0380. The Kier molecular flexibility index (Phi) is 7.19. The molecular weight excluding hydrogens is 236 g/mol. The van der Waals surface area contributed by atoms with Gasteiger partial charge in [-0.3, -0.25) is 4.79 Å². The van der Waals surface area contributed by atoms with Crippen LogP contribution in [0.2, 0.25) is 0 Å². The van der Waals surface area contributed by atoms with Crippen LogP contribution in [0.3, 0.4) is 0 Å². The van der Waals surface area contributed by atoms with Gasteiger partial charge in [-0.2, -0.15) is 0 Å². The number of amides is 1. The van der Waals surface area contributed by atoms with Crippen molar-refractivity contribution in [3.8, 4) is 0 Å². The smallest absolute Gasteiger partial charge is 0.224 e. The van der Waals surface area contributed by atoms with Crippen molar-refractivity contribution in [2.45, 2.75) is 58.4 Å². The van der Waals surface area contributed by atoms with E-state index in [1.54, 1.807) is 0 Å². The molecule has 1 amide bonds. The average molecular weight is 262 g/mol. The highest BCUT2D eigenvalue weighted by Crippen LogP contribution is 2.13. The second kappa shape index (κ2) is 8.70. The van der Waals surface area contributed by atoms with Crippen LogP contribution in [-0.4, -0.2) is 11.9 Å². The number of nitrogens with two attached hydrogens (primary N) is 1. The Bertz CT molecular complexity index is 371. The SMILES string of the molecule is CCCCCc1ccc(NC(=O)CCC(C)N)cc1. The van der Waals surface area contributed by atoms with Crippen LogP contribution in [0.5, 0.6) is 0 Å². The van der Waals surface area contributed by atoms with Crippen molar-refractivity contribution in [1.82, 2.24) is 0 Å². The lowest BCUT2D eigenvalue weighted by Crippen LogP contribution is -2.19. The summed E-state index contributed by atoms with van der Waals surface area (Å²) < 4.78 is 0. The summed E-state index contributed by atoms with van der Waals surface area (Å²) in [5.74, 6) is 0.0380. The lowest BCUT2D eigenvalue weighted by atomic mass is 10.1. The number of benzene rings is 1. The molecule has 3 heteroatoms. The van der Waals surface area contributed by atoms with E-state index >= 15 is 0 Å². The van der Waals surface area contributed by atoms with Crippen LogP contribution in [0, 0.1) is 0 Å². The molecule has 0 radical (unpaired) electrons. The van der Waals surface area contributed by atoms with Crippen LogP contribution < -0.4 is 11.1 Å². The first-order chi connectivity index (χ1) is 9.11. The molecule has 0 aliphatic rings. The fourth-order valence-electron chi connectivity index (χ4n) is 1.92. The molecular formula is C16H26N2O. The fourth-order valence-corrected chi connectivity index (χ4v) is 1.92. The van der Waals surface area contributed by atoms with Gasteiger partial charge in [-0.05, 0) is 43.9 Å². The molecule has 3 nitrogen and oxygen atoms in total. The van der Waals surface area contributed by atoms with Crippen LogP contribution in [0.1, 0.15) is 51.5 Å². The standard InChI is InChI=1S/C16H26N2O/c1-3-4-5-6-14-8-10-15(11-9-14)18-16(19)12-7-13(2)17/h8-11,13H,3-7,12,17H2,1-2H3,(H,18,19). The second-order valence-corrected chi connectivity index (χ2v) is 5.22. The number of nitrogens with one attached hydrogen (secondary N) is 1. The molecule has 0 saturated heterocycles. The monoisotopic (exact) mass is 262 g/mol. The third-order valence-electron chi connectivity index (χ3n) is 3.13. The summed E-state index contributed by atoms with van der Waals surface area (Å²) in [6.07, 6.45) is 6.07. The Morgan fingerprint density at radius 1 is 1.26 bits per heavy atom. The van der Waals surface area contributed by atoms with Crippen LogP contribution in [0.4, 0.5) is 5.69 Å². The van der Waals surface area contributed by atoms with Crippen LogP contribution in [0.15, 0.2) is 24.3 Å². The molecule has 0 fully saturated rings. The Morgan fingerprint density at radius 2 is 1.95 bits per heavy atom. The number of hydrogen-bond donors (Lipinski definition) is 2. The molecule has 0 aliphatic carbocycles. The number of aryl methyl sites for hydroxylation is 1. The Hall–Kier alpha value is -1.35. The molecule has 1 unspecified atom stereocenters. The van der Waals surface area contributed by atoms with E-state index in [1.165, 1.54) is 24.8 Å². The van der Waals surface area contributed by atoms with Gasteiger partial charge in [-0.15, -0.1) is 0 Å². The Morgan fingerprint density at radius 3 is 2.53 bits per heavy atom. The van der Waals surface area contributed by atoms with Gasteiger partial charge in [-0.25, -0.2) is 0 Å². The van der Waals surface area contributed by atoms with Gasteiger partial charge in [0.2, 0.25) is 5.91 Å². The maximum absolute atomic E-state index is 11.6. The van der Waals surface area contributed by atoms with Gasteiger partial charge in [0.1, 0.15) is 0 Å². The molecule has 0 bridgehead atoms. The molecule has 106 valence electrons. The number of carbonyl (C=O) groups excluding carboxylic acids is 1. The molecule has 1 aromatic carbocycles. The van der Waals surface area contributed by atoms with Crippen molar-refractivity contribution in [2.24, 2.45) is 5.73 Å². The highest BCUT2D eigenvalue weighted by molar-refractivity contribution is 5.90. The zero-order valence-corrected chi connectivity index (χ0v) is 12.1. The molecule has 0 heterocycles. The topological polar surface area (TPSA) is 55.1 Å². The van der Waals surface area contributed by atoms with Crippen LogP contribution in [-0.2, 0) is 11.2 Å². The summed E-state index contributed by atoms with van der Waals surface area (Å²) >= 11 is 0. The average Bonchev–Trinajstić information content (AvgIpc) is 2.39. The van der Waals surface area contributed by atoms with E-state index in [4.69, 9.17) is 5.73 Å². The summed E-state index contributed by atoms with van der Waals surface area (Å²) in [7, 11) is 0. The lowest BCUT2D eigenvalue weighted by Gasteiger charge is -2.08.